The third kappa shape index (κ3) is 2.15. The van der Waals surface area contributed by atoms with E-state index in [1.54, 1.807) is 7.11 Å². The highest BCUT2D eigenvalue weighted by Crippen LogP contribution is 2.11. The normalized spacial score (nSPS) is 15.9. The van der Waals surface area contributed by atoms with Crippen LogP contribution < -0.4 is 5.19 Å². The van der Waals surface area contributed by atoms with Crippen molar-refractivity contribution in [3.05, 3.63) is 30.3 Å². The molecule has 1 aromatic rings. The average Bonchev–Trinajstić information content (AvgIpc) is 2.06. The molecule has 0 heterocycles. The Labute approximate surface area is 76.1 Å². The Morgan fingerprint density at radius 1 is 1.27 bits per heavy atom. The van der Waals surface area contributed by atoms with Crippen LogP contribution >= 0.6 is 15.3 Å². The third-order valence-corrected chi connectivity index (χ3v) is 6.15. The van der Waals surface area contributed by atoms with E-state index < -0.39 is 6.94 Å². The van der Waals surface area contributed by atoms with Crippen molar-refractivity contribution in [1.29, 1.82) is 0 Å². The number of halogens is 1. The molecule has 0 N–H and O–H groups in total. The Kier molecular flexibility index (Phi) is 2.87. The summed E-state index contributed by atoms with van der Waals surface area (Å²) in [5.41, 5.74) is 0. The molecule has 0 fully saturated rings. The Morgan fingerprint density at radius 2 is 1.82 bits per heavy atom. The molecule has 1 rings (SSSR count). The van der Waals surface area contributed by atoms with E-state index in [2.05, 4.69) is 34.0 Å². The molecule has 0 aliphatic rings. The fraction of sp³-hybridized carbons (Fsp3) is 0.250. The highest BCUT2D eigenvalue weighted by atomic mass is 79.9. The molecule has 0 aliphatic carbocycles. The summed E-state index contributed by atoms with van der Waals surface area (Å²) in [7, 11) is 1.74. The molecule has 1 atom stereocenters. The van der Waals surface area contributed by atoms with Crippen LogP contribution in [-0.2, 0) is 4.43 Å². The lowest BCUT2D eigenvalue weighted by molar-refractivity contribution is 0.430. The van der Waals surface area contributed by atoms with Crippen LogP contribution in [0.5, 0.6) is 0 Å². The van der Waals surface area contributed by atoms with Gasteiger partial charge in [-0.15, -0.1) is 0 Å². The van der Waals surface area contributed by atoms with Crippen molar-refractivity contribution in [2.75, 3.05) is 7.11 Å². The lowest BCUT2D eigenvalue weighted by Gasteiger charge is -2.17. The van der Waals surface area contributed by atoms with E-state index in [-0.39, 0.29) is 0 Å². The lowest BCUT2D eigenvalue weighted by Crippen LogP contribution is -2.40. The maximum atomic E-state index is 5.38. The van der Waals surface area contributed by atoms with Crippen LogP contribution in [0.1, 0.15) is 0 Å². The van der Waals surface area contributed by atoms with Gasteiger partial charge in [0.1, 0.15) is 0 Å². The summed E-state index contributed by atoms with van der Waals surface area (Å²) in [5, 5.41) is 1.27. The fourth-order valence-corrected chi connectivity index (χ4v) is 2.67. The Morgan fingerprint density at radius 3 is 2.27 bits per heavy atom. The first-order valence-corrected chi connectivity index (χ1v) is 8.13. The molecule has 0 saturated carbocycles. The van der Waals surface area contributed by atoms with E-state index in [0.29, 0.717) is 0 Å². The van der Waals surface area contributed by atoms with Crippen LogP contribution in [0.25, 0.3) is 0 Å². The highest BCUT2D eigenvalue weighted by molar-refractivity contribution is 9.26. The van der Waals surface area contributed by atoms with Crippen LogP contribution in [-0.4, -0.2) is 14.0 Å². The highest BCUT2D eigenvalue weighted by Gasteiger charge is 2.25. The fourth-order valence-electron chi connectivity index (χ4n) is 0.854. The molecule has 0 saturated heterocycles. The predicted molar refractivity (Wildman–Crippen MR) is 53.6 cm³/mol. The van der Waals surface area contributed by atoms with Crippen molar-refractivity contribution in [1.82, 2.24) is 0 Å². The van der Waals surface area contributed by atoms with Crippen molar-refractivity contribution < 1.29 is 4.43 Å². The van der Waals surface area contributed by atoms with E-state index in [1.807, 2.05) is 18.2 Å². The number of rotatable bonds is 2. The molecule has 0 aliphatic heterocycles. The molecular weight excluding hydrogens is 220 g/mol. The van der Waals surface area contributed by atoms with Gasteiger partial charge in [0.25, 0.3) is 6.94 Å². The maximum absolute atomic E-state index is 5.38. The van der Waals surface area contributed by atoms with Crippen LogP contribution in [0.3, 0.4) is 0 Å². The topological polar surface area (TPSA) is 9.23 Å². The first-order valence-electron chi connectivity index (χ1n) is 3.46. The Hall–Kier alpha value is -0.123. The SMILES string of the molecule is CO[Si](C)(Br)c1ccccc1. The maximum Gasteiger partial charge on any atom is 0.292 e. The second kappa shape index (κ2) is 3.52. The van der Waals surface area contributed by atoms with Gasteiger partial charge in [-0.25, -0.2) is 0 Å². The third-order valence-electron chi connectivity index (χ3n) is 1.67. The van der Waals surface area contributed by atoms with Gasteiger partial charge in [0.05, 0.1) is 0 Å². The summed E-state index contributed by atoms with van der Waals surface area (Å²) in [5.74, 6) is 0. The van der Waals surface area contributed by atoms with Crippen molar-refractivity contribution >= 4 is 27.4 Å². The minimum absolute atomic E-state index is 1.27. The smallest absolute Gasteiger partial charge is 0.292 e. The number of hydrogen-bond donors (Lipinski definition) is 0. The van der Waals surface area contributed by atoms with Crippen molar-refractivity contribution in [2.45, 2.75) is 6.55 Å². The lowest BCUT2D eigenvalue weighted by atomic mass is 10.4. The largest absolute Gasteiger partial charge is 0.406 e. The second-order valence-corrected chi connectivity index (χ2v) is 9.85. The summed E-state index contributed by atoms with van der Waals surface area (Å²) in [6.07, 6.45) is 0. The van der Waals surface area contributed by atoms with E-state index in [0.717, 1.165) is 0 Å². The van der Waals surface area contributed by atoms with Gasteiger partial charge in [0.15, 0.2) is 0 Å². The monoisotopic (exact) mass is 230 g/mol. The van der Waals surface area contributed by atoms with Crippen LogP contribution in [0.2, 0.25) is 6.55 Å². The zero-order chi connectivity index (χ0) is 8.32. The van der Waals surface area contributed by atoms with Gasteiger partial charge in [0, 0.05) is 7.11 Å². The van der Waals surface area contributed by atoms with Crippen molar-refractivity contribution in [3.8, 4) is 0 Å². The molecule has 1 nitrogen and oxygen atoms in total. The van der Waals surface area contributed by atoms with Gasteiger partial charge in [-0.05, 0) is 11.7 Å². The number of benzene rings is 1. The molecule has 0 bridgehead atoms. The van der Waals surface area contributed by atoms with Crippen molar-refractivity contribution in [3.63, 3.8) is 0 Å². The van der Waals surface area contributed by atoms with Gasteiger partial charge >= 0.3 is 0 Å². The summed E-state index contributed by atoms with van der Waals surface area (Å²) in [6.45, 7) is 0.373. The molecule has 3 heteroatoms. The van der Waals surface area contributed by atoms with Crippen molar-refractivity contribution in [2.24, 2.45) is 0 Å². The molecule has 60 valence electrons. The molecule has 11 heavy (non-hydrogen) atoms. The molecule has 0 aromatic heterocycles. The average molecular weight is 231 g/mol. The minimum Gasteiger partial charge on any atom is -0.406 e. The Balaban J connectivity index is 2.93. The van der Waals surface area contributed by atoms with E-state index in [1.165, 1.54) is 5.19 Å². The molecule has 1 aromatic carbocycles. The van der Waals surface area contributed by atoms with Crippen LogP contribution in [0.4, 0.5) is 0 Å². The summed E-state index contributed by atoms with van der Waals surface area (Å²) < 4.78 is 5.38. The number of hydrogen-bond acceptors (Lipinski definition) is 1. The minimum atomic E-state index is -1.74. The molecule has 1 unspecified atom stereocenters. The van der Waals surface area contributed by atoms with Gasteiger partial charge in [-0.3, -0.25) is 0 Å². The van der Waals surface area contributed by atoms with Gasteiger partial charge < -0.3 is 4.43 Å². The zero-order valence-electron chi connectivity index (χ0n) is 6.67. The zero-order valence-corrected chi connectivity index (χ0v) is 9.26. The standard InChI is InChI=1S/C8H11BrOSi/c1-10-11(2,9)8-6-4-3-5-7-8/h3-7H,1-2H3. The molecule has 0 spiro atoms. The molecule has 0 amide bonds. The first-order chi connectivity index (χ1) is 5.17. The predicted octanol–water partition coefficient (Wildman–Crippen LogP) is 2.01. The summed E-state index contributed by atoms with van der Waals surface area (Å²) in [6, 6.07) is 10.2. The first kappa shape index (κ1) is 8.97. The molecule has 0 radical (unpaired) electrons. The van der Waals surface area contributed by atoms with Gasteiger partial charge in [-0.2, -0.15) is 0 Å². The van der Waals surface area contributed by atoms with Gasteiger partial charge in [0.2, 0.25) is 0 Å². The second-order valence-electron chi connectivity index (χ2n) is 2.49. The van der Waals surface area contributed by atoms with Gasteiger partial charge in [-0.1, -0.05) is 45.6 Å². The quantitative estimate of drug-likeness (QED) is 0.558. The van der Waals surface area contributed by atoms with E-state index in [4.69, 9.17) is 4.43 Å². The summed E-state index contributed by atoms with van der Waals surface area (Å²) >= 11 is 3.61. The molecular formula is C8H11BrOSi. The van der Waals surface area contributed by atoms with Crippen LogP contribution in [0, 0.1) is 0 Å². The van der Waals surface area contributed by atoms with Crippen LogP contribution in [0.15, 0.2) is 30.3 Å². The Bertz CT molecular complexity index is 223. The van der Waals surface area contributed by atoms with E-state index in [9.17, 15) is 0 Å². The summed E-state index contributed by atoms with van der Waals surface area (Å²) in [4.78, 5) is 0. The van der Waals surface area contributed by atoms with E-state index >= 15 is 0 Å².